The highest BCUT2D eigenvalue weighted by Crippen LogP contribution is 2.36. The third kappa shape index (κ3) is 6.03. The monoisotopic (exact) mass is 634 g/mol. The van der Waals surface area contributed by atoms with Crippen LogP contribution in [0.15, 0.2) is 92.7 Å². The summed E-state index contributed by atoms with van der Waals surface area (Å²) in [4.78, 5) is 32.1. The van der Waals surface area contributed by atoms with Crippen LogP contribution in [0.25, 0.3) is 6.08 Å². The molecule has 1 atom stereocenters. The number of aromatic nitrogens is 1. The highest BCUT2D eigenvalue weighted by molar-refractivity contribution is 7.87. The maximum absolute atomic E-state index is 13.9. The lowest BCUT2D eigenvalue weighted by Gasteiger charge is -2.25. The Bertz CT molecular complexity index is 2040. The second kappa shape index (κ2) is 12.5. The molecule has 10 nitrogen and oxygen atoms in total. The van der Waals surface area contributed by atoms with Gasteiger partial charge in [0, 0.05) is 0 Å². The lowest BCUT2D eigenvalue weighted by molar-refractivity contribution is -0.139. The molecule has 0 unspecified atom stereocenters. The van der Waals surface area contributed by atoms with Crippen molar-refractivity contribution in [2.75, 3.05) is 20.8 Å². The van der Waals surface area contributed by atoms with Gasteiger partial charge in [-0.15, -0.1) is 0 Å². The lowest BCUT2D eigenvalue weighted by Crippen LogP contribution is -2.39. The highest BCUT2D eigenvalue weighted by Gasteiger charge is 2.34. The lowest BCUT2D eigenvalue weighted by atomic mass is 9.95. The number of thiazole rings is 1. The third-order valence-corrected chi connectivity index (χ3v) is 9.18. The van der Waals surface area contributed by atoms with Crippen molar-refractivity contribution in [3.63, 3.8) is 0 Å². The molecule has 0 amide bonds. The number of rotatable bonds is 9. The van der Waals surface area contributed by atoms with Crippen molar-refractivity contribution in [2.45, 2.75) is 31.7 Å². The summed E-state index contributed by atoms with van der Waals surface area (Å²) in [7, 11) is -0.975. The Morgan fingerprint density at radius 3 is 2.30 bits per heavy atom. The molecule has 2 heterocycles. The minimum absolute atomic E-state index is 0.0507. The van der Waals surface area contributed by atoms with E-state index in [2.05, 4.69) is 4.99 Å². The average molecular weight is 635 g/mol. The van der Waals surface area contributed by atoms with Gasteiger partial charge >= 0.3 is 16.1 Å². The number of carbonyl (C=O) groups is 1. The summed E-state index contributed by atoms with van der Waals surface area (Å²) < 4.78 is 48.7. The number of carbonyl (C=O) groups excluding carboxylic acids is 1. The molecule has 5 rings (SSSR count). The van der Waals surface area contributed by atoms with Gasteiger partial charge < -0.3 is 18.4 Å². The summed E-state index contributed by atoms with van der Waals surface area (Å²) >= 11 is 1.18. The summed E-state index contributed by atoms with van der Waals surface area (Å²) in [6.07, 6.45) is 1.68. The van der Waals surface area contributed by atoms with Gasteiger partial charge in [0.25, 0.3) is 5.56 Å². The number of methoxy groups -OCH3 is 2. The molecule has 3 aromatic carbocycles. The molecule has 0 bridgehead atoms. The number of hydrogen-bond donors (Lipinski definition) is 0. The number of allylic oxidation sites excluding steroid dienone is 1. The molecule has 0 aliphatic carbocycles. The fraction of sp³-hybridized carbons (Fsp3) is 0.219. The summed E-state index contributed by atoms with van der Waals surface area (Å²) in [5, 5.41) is 0. The first-order chi connectivity index (χ1) is 21.1. The van der Waals surface area contributed by atoms with Gasteiger partial charge in [0.1, 0.15) is 10.6 Å². The molecule has 228 valence electrons. The van der Waals surface area contributed by atoms with Gasteiger partial charge in [0.2, 0.25) is 0 Å². The molecular formula is C32H30N2O8S2. The maximum atomic E-state index is 13.9. The van der Waals surface area contributed by atoms with E-state index in [9.17, 15) is 18.0 Å². The number of fused-ring (bicyclic) bond motifs is 1. The van der Waals surface area contributed by atoms with E-state index in [1.807, 2.05) is 6.92 Å². The fourth-order valence-corrected chi connectivity index (χ4v) is 6.76. The zero-order valence-corrected chi connectivity index (χ0v) is 26.3. The highest BCUT2D eigenvalue weighted by atomic mass is 32.2. The van der Waals surface area contributed by atoms with E-state index >= 15 is 0 Å². The zero-order chi connectivity index (χ0) is 31.6. The Balaban J connectivity index is 1.54. The largest absolute Gasteiger partial charge is 0.493 e. The second-order valence-electron chi connectivity index (χ2n) is 9.84. The molecule has 0 saturated carbocycles. The van der Waals surface area contributed by atoms with Crippen molar-refractivity contribution in [1.82, 2.24) is 4.57 Å². The van der Waals surface area contributed by atoms with E-state index in [1.165, 1.54) is 54.4 Å². The molecule has 1 aromatic heterocycles. The van der Waals surface area contributed by atoms with Gasteiger partial charge in [0.15, 0.2) is 16.3 Å². The third-order valence-electron chi connectivity index (χ3n) is 6.93. The molecule has 0 N–H and O–H groups in total. The van der Waals surface area contributed by atoms with Crippen LogP contribution in [-0.2, 0) is 19.6 Å². The van der Waals surface area contributed by atoms with E-state index in [4.69, 9.17) is 18.4 Å². The fourth-order valence-electron chi connectivity index (χ4n) is 4.78. The van der Waals surface area contributed by atoms with Gasteiger partial charge in [0.05, 0.1) is 42.7 Å². The smallest absolute Gasteiger partial charge is 0.339 e. The van der Waals surface area contributed by atoms with Crippen molar-refractivity contribution in [1.29, 1.82) is 0 Å². The van der Waals surface area contributed by atoms with Crippen LogP contribution in [0.5, 0.6) is 17.2 Å². The van der Waals surface area contributed by atoms with Gasteiger partial charge in [-0.2, -0.15) is 8.42 Å². The van der Waals surface area contributed by atoms with Crippen LogP contribution >= 0.6 is 11.3 Å². The Morgan fingerprint density at radius 2 is 1.66 bits per heavy atom. The maximum Gasteiger partial charge on any atom is 0.339 e. The van der Waals surface area contributed by atoms with Gasteiger partial charge in [-0.3, -0.25) is 9.36 Å². The SMILES string of the molecule is CCOC(=O)C1=C(C)N=c2s/c(=C\c3ccc(OS(=O)(=O)c4ccc(C)cc4)cc3)c(=O)n2[C@@H]1c1ccc(OC)c(OC)c1. The van der Waals surface area contributed by atoms with Crippen LogP contribution in [0.3, 0.4) is 0 Å². The van der Waals surface area contributed by atoms with Crippen molar-refractivity contribution in [2.24, 2.45) is 4.99 Å². The minimum atomic E-state index is -4.01. The quantitative estimate of drug-likeness (QED) is 0.201. The van der Waals surface area contributed by atoms with Crippen molar-refractivity contribution >= 4 is 33.5 Å². The summed E-state index contributed by atoms with van der Waals surface area (Å²) in [5.74, 6) is 0.504. The average Bonchev–Trinajstić information content (AvgIpc) is 3.30. The molecule has 44 heavy (non-hydrogen) atoms. The predicted octanol–water partition coefficient (Wildman–Crippen LogP) is 3.89. The minimum Gasteiger partial charge on any atom is -0.493 e. The van der Waals surface area contributed by atoms with E-state index in [-0.39, 0.29) is 28.4 Å². The molecule has 1 aliphatic rings. The Kier molecular flexibility index (Phi) is 8.75. The van der Waals surface area contributed by atoms with Crippen molar-refractivity contribution in [3.05, 3.63) is 114 Å². The van der Waals surface area contributed by atoms with Gasteiger partial charge in [-0.05, 0) is 74.4 Å². The molecule has 0 saturated heterocycles. The van der Waals surface area contributed by atoms with Gasteiger partial charge in [-0.1, -0.05) is 47.2 Å². The Morgan fingerprint density at radius 1 is 0.977 bits per heavy atom. The molecule has 1 aliphatic heterocycles. The molecule has 0 fully saturated rings. The first-order valence-electron chi connectivity index (χ1n) is 13.6. The topological polar surface area (TPSA) is 122 Å². The first-order valence-corrected chi connectivity index (χ1v) is 15.8. The number of esters is 1. The number of hydrogen-bond acceptors (Lipinski definition) is 10. The summed E-state index contributed by atoms with van der Waals surface area (Å²) in [6.45, 7) is 5.44. The van der Waals surface area contributed by atoms with E-state index in [1.54, 1.807) is 62.4 Å². The molecule has 0 radical (unpaired) electrons. The molecule has 0 spiro atoms. The van der Waals surface area contributed by atoms with Crippen LogP contribution < -0.4 is 28.5 Å². The molecule has 4 aromatic rings. The van der Waals surface area contributed by atoms with Crippen molar-refractivity contribution in [3.8, 4) is 17.2 Å². The van der Waals surface area contributed by atoms with E-state index in [0.29, 0.717) is 37.7 Å². The van der Waals surface area contributed by atoms with Crippen LogP contribution in [-0.4, -0.2) is 39.8 Å². The predicted molar refractivity (Wildman–Crippen MR) is 165 cm³/mol. The summed E-state index contributed by atoms with van der Waals surface area (Å²) in [6, 6.07) is 17.1. The Hall–Kier alpha value is -4.68. The first kappa shape index (κ1) is 30.8. The zero-order valence-electron chi connectivity index (χ0n) is 24.7. The molecule has 12 heteroatoms. The molecular weight excluding hydrogens is 604 g/mol. The normalized spacial score (nSPS) is 14.9. The van der Waals surface area contributed by atoms with Gasteiger partial charge in [-0.25, -0.2) is 9.79 Å². The number of benzene rings is 3. The Labute approximate surface area is 258 Å². The van der Waals surface area contributed by atoms with Crippen molar-refractivity contribution < 1.29 is 31.6 Å². The number of aryl methyl sites for hydroxylation is 1. The van der Waals surface area contributed by atoms with E-state index < -0.39 is 22.1 Å². The number of ether oxygens (including phenoxy) is 3. The van der Waals surface area contributed by atoms with Crippen LogP contribution in [0.1, 0.15) is 36.6 Å². The van der Waals surface area contributed by atoms with Crippen LogP contribution in [0.2, 0.25) is 0 Å². The second-order valence-corrected chi connectivity index (χ2v) is 12.4. The van der Waals surface area contributed by atoms with Crippen LogP contribution in [0.4, 0.5) is 0 Å². The van der Waals surface area contributed by atoms with E-state index in [0.717, 1.165) is 5.56 Å². The number of nitrogens with zero attached hydrogens (tertiary/aromatic N) is 2. The standard InChI is InChI=1S/C32H30N2O8S2/c1-6-41-31(36)28-20(3)33-32-34(29(28)22-11-16-25(39-4)26(18-22)40-5)30(35)27(43-32)17-21-9-12-23(13-10-21)42-44(37,38)24-14-7-19(2)8-15-24/h7-18,29H,6H2,1-5H3/b27-17-/t29-/m1/s1. The van der Waals surface area contributed by atoms with Crippen LogP contribution in [0, 0.1) is 6.92 Å². The summed E-state index contributed by atoms with van der Waals surface area (Å²) in [5.41, 5.74) is 2.51.